The Balaban J connectivity index is 1.28. The number of hydrogen-bond donors (Lipinski definition) is 1. The van der Waals surface area contributed by atoms with E-state index in [1.807, 2.05) is 91.9 Å². The highest BCUT2D eigenvalue weighted by molar-refractivity contribution is 6.24. The summed E-state index contributed by atoms with van der Waals surface area (Å²) in [5, 5.41) is 15.5. The third-order valence-electron chi connectivity index (χ3n) is 8.14. The second kappa shape index (κ2) is 11.5. The predicted octanol–water partition coefficient (Wildman–Crippen LogP) is 7.56. The molecule has 6 rings (SSSR count). The van der Waals surface area contributed by atoms with E-state index < -0.39 is 0 Å². The molecule has 3 aromatic carbocycles. The maximum atomic E-state index is 13.5. The van der Waals surface area contributed by atoms with Crippen LogP contribution in [0.4, 0.5) is 5.69 Å². The third-order valence-corrected chi connectivity index (χ3v) is 8.14. The second-order valence-corrected chi connectivity index (χ2v) is 11.0. The molecular weight excluding hydrogens is 512 g/mol. The van der Waals surface area contributed by atoms with Crippen molar-refractivity contribution in [3.05, 3.63) is 130 Å². The van der Waals surface area contributed by atoms with Crippen molar-refractivity contribution in [2.75, 3.05) is 0 Å². The Labute approximate surface area is 239 Å². The highest BCUT2D eigenvalue weighted by atomic mass is 16.5. The quantitative estimate of drug-likeness (QED) is 0.242. The Bertz CT molecular complexity index is 1630. The molecule has 1 aromatic heterocycles. The topological polar surface area (TPSA) is 92.8 Å². The summed E-state index contributed by atoms with van der Waals surface area (Å²) in [6, 6.07) is 27.6. The van der Waals surface area contributed by atoms with Crippen LogP contribution in [0.25, 0.3) is 0 Å². The summed E-state index contributed by atoms with van der Waals surface area (Å²) in [6.45, 7) is 2.00. The van der Waals surface area contributed by atoms with Crippen LogP contribution in [0, 0.1) is 6.92 Å². The standard InChI is InChI=1S/C35H32N2O4/c1-22-12-14-27(15-13-22)36-28(34-30(38)18-25(19-31(34)39)23-8-4-2-5-9-23)16-17-29-35-32(40)20-26(21-33(35)41-37-29)24-10-6-3-7-11-24/h2-15,25-26,38H,16-21H2,1H3. The van der Waals surface area contributed by atoms with Gasteiger partial charge in [-0.15, -0.1) is 0 Å². The van der Waals surface area contributed by atoms with Gasteiger partial charge in [0.1, 0.15) is 11.5 Å². The molecule has 206 valence electrons. The summed E-state index contributed by atoms with van der Waals surface area (Å²) >= 11 is 0. The Morgan fingerprint density at radius 1 is 0.829 bits per heavy atom. The second-order valence-electron chi connectivity index (χ2n) is 11.0. The van der Waals surface area contributed by atoms with Crippen LogP contribution in [0.1, 0.15) is 76.0 Å². The lowest BCUT2D eigenvalue weighted by Gasteiger charge is -2.24. The molecule has 1 heterocycles. The fourth-order valence-electron chi connectivity index (χ4n) is 6.00. The lowest BCUT2D eigenvalue weighted by molar-refractivity contribution is -0.116. The Morgan fingerprint density at radius 2 is 1.44 bits per heavy atom. The molecule has 2 aliphatic carbocycles. The van der Waals surface area contributed by atoms with Crippen LogP contribution in [-0.2, 0) is 17.6 Å². The van der Waals surface area contributed by atoms with Gasteiger partial charge in [0, 0.05) is 25.7 Å². The lowest BCUT2D eigenvalue weighted by Crippen LogP contribution is -2.24. The van der Waals surface area contributed by atoms with Gasteiger partial charge in [0.25, 0.3) is 0 Å². The molecule has 0 amide bonds. The summed E-state index contributed by atoms with van der Waals surface area (Å²) in [5.74, 6) is 0.557. The van der Waals surface area contributed by atoms with Crippen LogP contribution in [0.3, 0.4) is 0 Å². The number of aliphatic hydroxyl groups is 1. The number of carbonyl (C=O) groups excluding carboxylic acids is 2. The summed E-state index contributed by atoms with van der Waals surface area (Å²) in [5.41, 5.74) is 5.88. The Morgan fingerprint density at radius 3 is 2.07 bits per heavy atom. The molecule has 0 aliphatic heterocycles. The number of aryl methyl sites for hydroxylation is 2. The van der Waals surface area contributed by atoms with Crippen molar-refractivity contribution in [1.29, 1.82) is 0 Å². The fraction of sp³-hybridized carbons (Fsp3) is 0.257. The van der Waals surface area contributed by atoms with Crippen molar-refractivity contribution >= 4 is 23.0 Å². The van der Waals surface area contributed by atoms with Gasteiger partial charge in [-0.2, -0.15) is 0 Å². The molecule has 6 nitrogen and oxygen atoms in total. The molecule has 41 heavy (non-hydrogen) atoms. The molecule has 4 aromatic rings. The molecule has 2 atom stereocenters. The fourth-order valence-corrected chi connectivity index (χ4v) is 6.00. The minimum absolute atomic E-state index is 0.0230. The van der Waals surface area contributed by atoms with Crippen LogP contribution in [0.5, 0.6) is 0 Å². The zero-order valence-corrected chi connectivity index (χ0v) is 23.0. The maximum absolute atomic E-state index is 13.5. The van der Waals surface area contributed by atoms with Gasteiger partial charge in [0.05, 0.1) is 28.2 Å². The van der Waals surface area contributed by atoms with Gasteiger partial charge in [-0.05, 0) is 54.9 Å². The van der Waals surface area contributed by atoms with E-state index in [1.165, 1.54) is 0 Å². The number of fused-ring (bicyclic) bond motifs is 1. The number of ketones is 2. The van der Waals surface area contributed by atoms with Crippen molar-refractivity contribution in [2.24, 2.45) is 4.99 Å². The number of benzene rings is 3. The zero-order chi connectivity index (χ0) is 28.3. The van der Waals surface area contributed by atoms with E-state index in [9.17, 15) is 14.7 Å². The first-order valence-corrected chi connectivity index (χ1v) is 14.2. The molecule has 2 aliphatic rings. The molecule has 0 spiro atoms. The van der Waals surface area contributed by atoms with E-state index in [0.717, 1.165) is 16.7 Å². The minimum atomic E-state index is -0.127. The first kappa shape index (κ1) is 26.6. The Hall–Kier alpha value is -4.58. The molecule has 6 heteroatoms. The summed E-state index contributed by atoms with van der Waals surface area (Å²) in [6.07, 6.45) is 2.40. The van der Waals surface area contributed by atoms with Gasteiger partial charge in [-0.1, -0.05) is 83.5 Å². The van der Waals surface area contributed by atoms with Gasteiger partial charge in [0.2, 0.25) is 0 Å². The van der Waals surface area contributed by atoms with E-state index in [2.05, 4.69) is 5.16 Å². The van der Waals surface area contributed by atoms with Gasteiger partial charge in [-0.3, -0.25) is 14.6 Å². The largest absolute Gasteiger partial charge is 0.511 e. The summed E-state index contributed by atoms with van der Waals surface area (Å²) < 4.78 is 5.68. The number of allylic oxidation sites excluding steroid dienone is 2. The van der Waals surface area contributed by atoms with Crippen LogP contribution in [0.15, 0.2) is 106 Å². The van der Waals surface area contributed by atoms with Gasteiger partial charge in [0.15, 0.2) is 11.6 Å². The van der Waals surface area contributed by atoms with Crippen LogP contribution >= 0.6 is 0 Å². The normalized spacial score (nSPS) is 19.4. The average Bonchev–Trinajstić information content (AvgIpc) is 3.41. The molecule has 0 bridgehead atoms. The maximum Gasteiger partial charge on any atom is 0.168 e. The molecule has 0 saturated carbocycles. The van der Waals surface area contributed by atoms with Crippen LogP contribution in [-0.4, -0.2) is 27.5 Å². The number of aliphatic imine (C=N–C) groups is 1. The highest BCUT2D eigenvalue weighted by Gasteiger charge is 2.34. The molecule has 0 saturated heterocycles. The zero-order valence-electron chi connectivity index (χ0n) is 23.0. The van der Waals surface area contributed by atoms with Crippen molar-refractivity contribution in [2.45, 2.75) is 57.3 Å². The molecule has 2 unspecified atom stereocenters. The van der Waals surface area contributed by atoms with Crippen LogP contribution in [0.2, 0.25) is 0 Å². The van der Waals surface area contributed by atoms with E-state index in [4.69, 9.17) is 9.52 Å². The first-order valence-electron chi connectivity index (χ1n) is 14.2. The van der Waals surface area contributed by atoms with Crippen molar-refractivity contribution < 1.29 is 19.2 Å². The first-order chi connectivity index (χ1) is 20.0. The number of carbonyl (C=O) groups is 2. The monoisotopic (exact) mass is 544 g/mol. The van der Waals surface area contributed by atoms with E-state index >= 15 is 0 Å². The number of aromatic nitrogens is 1. The SMILES string of the molecule is Cc1ccc(N=C(CCc2noc3c2C(=O)CC(c2ccccc2)C3)C2=C(O)CC(c3ccccc3)CC2=O)cc1. The number of hydrogen-bond acceptors (Lipinski definition) is 6. The highest BCUT2D eigenvalue weighted by Crippen LogP contribution is 2.37. The van der Waals surface area contributed by atoms with Crippen molar-refractivity contribution in [3.63, 3.8) is 0 Å². The van der Waals surface area contributed by atoms with Gasteiger partial charge < -0.3 is 9.63 Å². The predicted molar refractivity (Wildman–Crippen MR) is 158 cm³/mol. The smallest absolute Gasteiger partial charge is 0.168 e. The molecule has 0 radical (unpaired) electrons. The number of Topliss-reactive ketones (excluding diaryl/α,β-unsaturated/α-hetero) is 2. The molecule has 1 N–H and O–H groups in total. The average molecular weight is 545 g/mol. The molecular formula is C35H32N2O4. The number of aliphatic hydroxyl groups excluding tert-OH is 1. The summed E-state index contributed by atoms with van der Waals surface area (Å²) in [4.78, 5) is 31.6. The number of nitrogens with zero attached hydrogens (tertiary/aromatic N) is 2. The minimum Gasteiger partial charge on any atom is -0.511 e. The lowest BCUT2D eigenvalue weighted by atomic mass is 9.80. The van der Waals surface area contributed by atoms with Gasteiger partial charge in [-0.25, -0.2) is 0 Å². The van der Waals surface area contributed by atoms with Gasteiger partial charge >= 0.3 is 0 Å². The van der Waals surface area contributed by atoms with Crippen molar-refractivity contribution in [1.82, 2.24) is 5.16 Å². The Kier molecular flexibility index (Phi) is 7.47. The molecule has 0 fully saturated rings. The van der Waals surface area contributed by atoms with E-state index in [0.29, 0.717) is 66.9 Å². The van der Waals surface area contributed by atoms with Crippen LogP contribution < -0.4 is 0 Å². The number of rotatable bonds is 7. The van der Waals surface area contributed by atoms with E-state index in [1.54, 1.807) is 0 Å². The summed E-state index contributed by atoms with van der Waals surface area (Å²) in [7, 11) is 0. The third kappa shape index (κ3) is 5.68. The van der Waals surface area contributed by atoms with E-state index in [-0.39, 0.29) is 34.7 Å². The van der Waals surface area contributed by atoms with Crippen molar-refractivity contribution in [3.8, 4) is 0 Å².